The predicted octanol–water partition coefficient (Wildman–Crippen LogP) is 21.1. The van der Waals surface area contributed by atoms with Crippen molar-refractivity contribution in [3.8, 4) is 17.6 Å². The summed E-state index contributed by atoms with van der Waals surface area (Å²) < 4.78 is 111. The van der Waals surface area contributed by atoms with E-state index in [9.17, 15) is 71.2 Å². The summed E-state index contributed by atoms with van der Waals surface area (Å²) in [6.07, 6.45) is 4.45. The molecule has 4 aliphatic rings. The number of hydrogen-bond acceptors (Lipinski definition) is 30. The van der Waals surface area contributed by atoms with Crippen molar-refractivity contribution < 1.29 is 119 Å². The van der Waals surface area contributed by atoms with E-state index in [1.807, 2.05) is 62.3 Å². The number of nitrogens with one attached hydrogen (secondary N) is 1. The molecule has 11 atom stereocenters. The largest absolute Gasteiger partial charge is 0.480 e. The Morgan fingerprint density at radius 2 is 0.750 bits per heavy atom. The van der Waals surface area contributed by atoms with E-state index in [2.05, 4.69) is 82.4 Å². The highest BCUT2D eigenvalue weighted by Crippen LogP contribution is 2.42. The van der Waals surface area contributed by atoms with Gasteiger partial charge in [0.05, 0.1) is 109 Å². The van der Waals surface area contributed by atoms with E-state index in [-0.39, 0.29) is 136 Å². The molecule has 0 bridgehead atoms. The first kappa shape index (κ1) is 122. The molecule has 4 saturated heterocycles. The van der Waals surface area contributed by atoms with Gasteiger partial charge in [0, 0.05) is 112 Å². The number of methoxy groups -OCH3 is 3. The molecule has 0 saturated carbocycles. The van der Waals surface area contributed by atoms with Crippen LogP contribution in [0.2, 0.25) is 10.3 Å². The van der Waals surface area contributed by atoms with Crippen molar-refractivity contribution in [1.82, 2.24) is 59.9 Å². The van der Waals surface area contributed by atoms with Gasteiger partial charge < -0.3 is 87.5 Å². The van der Waals surface area contributed by atoms with Crippen molar-refractivity contribution in [2.75, 3.05) is 73.7 Å². The molecule has 796 valence electrons. The van der Waals surface area contributed by atoms with Gasteiger partial charge in [0.2, 0.25) is 11.8 Å². The molecular formula is C103H142Cl2F4I2N12O21. The van der Waals surface area contributed by atoms with E-state index in [0.29, 0.717) is 122 Å². The standard InChI is InChI=1S/C27H37ClFN3O6.C27H38FN3O6.C22H30FN3O4.C18H31NO5.C9H6ClFN2.I2/c1-26(2,3)37-24(34)16-14-32(25(35)38-27(4,5)6)13-12-15(16)8-11-19(33)20-17(29)9-10-18-21(20)31-23(36-7)22(28)30-18;1-26(2,3)36-24(33)17-15-31(25(34)37-27(4,5)6)13-12-16(17)8-11-20(32)22-18(28)9-10-19-23(22)30-21(35-7)14-29-19;1-22(2,3)30-21(28)14-11-24-10-9-13(14)5-8-17(27)19-15(23)6-7-16-20(19)26-18(29-4)12-25-16;1-17(2,3)23-15(21)14-12-19(16(22)24-18(4,5)6)10-9-13(14)8-7-11-20;1-5-9(10)13-7-3-2-6(11)4-8(7)12-5;1-2/h9-10,15-16,19,33H,8,11-14H2,1-7H3;9-10,14,16-17,20,32H,8,11-13,15H2,1-7H3;6-7,12-14,17,24,27H,5,8-11H2,1-4H3;11,13-14H,7-10,12H2,1-6H3;2-4H,1H3;/t15-,16+,19?;16-,17+,20?;13-,14+,17?;13-,14+;;/m1111../s1. The van der Waals surface area contributed by atoms with Crippen molar-refractivity contribution in [2.24, 2.45) is 47.3 Å². The third-order valence-electron chi connectivity index (χ3n) is 23.2. The normalized spacial score (nSPS) is 19.1. The molecule has 4 aromatic heterocycles. The first-order chi connectivity index (χ1) is 67.1. The summed E-state index contributed by atoms with van der Waals surface area (Å²) in [5.41, 5.74) is -0.625. The summed E-state index contributed by atoms with van der Waals surface area (Å²) in [7, 11) is 4.27. The van der Waals surface area contributed by atoms with Crippen LogP contribution >= 0.6 is 60.4 Å². The summed E-state index contributed by atoms with van der Waals surface area (Å²) in [4.78, 5) is 138. The maximum Gasteiger partial charge on any atom is 0.410 e. The Kier molecular flexibility index (Phi) is 45.1. The Hall–Kier alpha value is -9.40. The van der Waals surface area contributed by atoms with Crippen LogP contribution < -0.4 is 19.5 Å². The number of nitrogens with zero attached hydrogens (tertiary/aromatic N) is 11. The highest BCUT2D eigenvalue weighted by molar-refractivity contribution is 15.0. The lowest BCUT2D eigenvalue weighted by atomic mass is 9.81. The van der Waals surface area contributed by atoms with Gasteiger partial charge in [-0.3, -0.25) is 19.2 Å². The SMILES string of the molecule is CC(C)(C)OC(=O)[C@H]1CN(C(=O)OC(C)(C)C)CC[C@H]1CCC=O.COc1cnc2ccc(F)c(C(O)CC[C@@H]3CCN(C(=O)OC(C)(C)C)C[C@@H]3C(=O)OC(C)(C)C)c2n1.COc1cnc2ccc(F)c(C(O)CC[C@@H]3CCNC[C@@H]3C(=O)OC(C)(C)C)c2n1.COc1nc2c(C(O)CC[C@@H]3CCN(C(=O)OC(C)(C)C)C[C@@H]3C(=O)OC(C)(C)C)c(F)ccc2nc1Cl.Cc1nc2cc(F)ccc2nc1Cl.II. The molecule has 4 fully saturated rings. The molecule has 8 heterocycles. The number of likely N-dealkylation sites (tertiary alicyclic amines) is 3. The van der Waals surface area contributed by atoms with Gasteiger partial charge in [-0.25, -0.2) is 71.8 Å². The Morgan fingerprint density at radius 3 is 1.10 bits per heavy atom. The van der Waals surface area contributed by atoms with Gasteiger partial charge in [0.1, 0.15) is 85.3 Å². The monoisotopic (exact) mass is 2280 g/mol. The van der Waals surface area contributed by atoms with Crippen LogP contribution in [-0.4, -0.2) is 231 Å². The number of ether oxygens (including phenoxy) is 10. The molecular weight excluding hydrogens is 2140 g/mol. The predicted molar refractivity (Wildman–Crippen MR) is 554 cm³/mol. The Labute approximate surface area is 873 Å². The van der Waals surface area contributed by atoms with Crippen molar-refractivity contribution in [1.29, 1.82) is 0 Å². The van der Waals surface area contributed by atoms with Gasteiger partial charge in [0.25, 0.3) is 5.88 Å². The first-order valence-corrected chi connectivity index (χ1v) is 55.1. The Bertz CT molecular complexity index is 5700. The number of aromatic nitrogens is 8. The number of hydrogen-bond donors (Lipinski definition) is 4. The van der Waals surface area contributed by atoms with Crippen molar-refractivity contribution in [2.45, 2.75) is 287 Å². The van der Waals surface area contributed by atoms with Crippen LogP contribution in [0.1, 0.15) is 263 Å². The number of aldehydes is 1. The van der Waals surface area contributed by atoms with Crippen molar-refractivity contribution in [3.63, 3.8) is 0 Å². The molecule has 8 aromatic rings. The molecule has 3 unspecified atom stereocenters. The minimum absolute atomic E-state index is 0.00928. The summed E-state index contributed by atoms with van der Waals surface area (Å²) in [5, 5.41) is 36.5. The Morgan fingerprint density at radius 1 is 0.424 bits per heavy atom. The van der Waals surface area contributed by atoms with Gasteiger partial charge in [-0.1, -0.05) is 23.2 Å². The van der Waals surface area contributed by atoms with Crippen molar-refractivity contribution >= 4 is 153 Å². The first-order valence-electron chi connectivity index (χ1n) is 48.0. The minimum Gasteiger partial charge on any atom is -0.480 e. The lowest BCUT2D eigenvalue weighted by Crippen LogP contribution is -2.49. The molecule has 3 amide bonds. The second-order valence-corrected chi connectivity index (χ2v) is 43.5. The second-order valence-electron chi connectivity index (χ2n) is 42.8. The number of aliphatic hydroxyl groups excluding tert-OH is 3. The quantitative estimate of drug-likeness (QED) is 0.0161. The number of benzene rings is 4. The third-order valence-corrected chi connectivity index (χ3v) is 23.8. The second kappa shape index (κ2) is 53.5. The smallest absolute Gasteiger partial charge is 0.410 e. The van der Waals surface area contributed by atoms with Crippen LogP contribution in [-0.2, 0) is 57.1 Å². The Balaban J connectivity index is 0.000000251. The van der Waals surface area contributed by atoms with E-state index in [1.54, 1.807) is 101 Å². The van der Waals surface area contributed by atoms with Gasteiger partial charge >= 0.3 is 42.2 Å². The van der Waals surface area contributed by atoms with E-state index < -0.39 is 123 Å². The molecule has 33 nitrogen and oxygen atoms in total. The van der Waals surface area contributed by atoms with Gasteiger partial charge in [0.15, 0.2) is 10.3 Å². The molecule has 4 N–H and O–H groups in total. The number of aliphatic hydroxyl groups is 3. The zero-order chi connectivity index (χ0) is 108. The number of aryl methyl sites for hydroxylation is 1. The van der Waals surface area contributed by atoms with Crippen LogP contribution in [0.4, 0.5) is 31.9 Å². The van der Waals surface area contributed by atoms with E-state index in [0.717, 1.165) is 19.3 Å². The van der Waals surface area contributed by atoms with E-state index >= 15 is 0 Å². The fourth-order valence-corrected chi connectivity index (χ4v) is 17.1. The number of esters is 4. The van der Waals surface area contributed by atoms with Crippen LogP contribution in [0.25, 0.3) is 44.1 Å². The molecule has 144 heavy (non-hydrogen) atoms. The zero-order valence-corrected chi connectivity index (χ0v) is 92.9. The number of carbonyl (C=O) groups is 8. The van der Waals surface area contributed by atoms with Gasteiger partial charge in [-0.15, -0.1) is 0 Å². The molecule has 4 aliphatic heterocycles. The number of halogens is 8. The van der Waals surface area contributed by atoms with Crippen LogP contribution in [0.5, 0.6) is 17.6 Å². The van der Waals surface area contributed by atoms with Gasteiger partial charge in [-0.2, -0.15) is 0 Å². The molecule has 0 spiro atoms. The molecule has 0 aliphatic carbocycles. The fraction of sp³-hybridized carbons (Fsp3) is 0.612. The highest BCUT2D eigenvalue weighted by Gasteiger charge is 2.45. The number of rotatable bonds is 22. The number of amides is 3. The number of fused-ring (bicyclic) bond motifs is 4. The topological polar surface area (TPSA) is 414 Å². The highest BCUT2D eigenvalue weighted by atomic mass is 128. The van der Waals surface area contributed by atoms with Crippen molar-refractivity contribution in [3.05, 3.63) is 123 Å². The van der Waals surface area contributed by atoms with Gasteiger partial charge in [-0.05, 0) is 302 Å². The van der Waals surface area contributed by atoms with Crippen LogP contribution in [0.15, 0.2) is 67.0 Å². The zero-order valence-electron chi connectivity index (χ0n) is 87.1. The summed E-state index contributed by atoms with van der Waals surface area (Å²) in [6.45, 7) is 42.8. The molecule has 4 aromatic carbocycles. The lowest BCUT2D eigenvalue weighted by molar-refractivity contribution is -0.165. The molecule has 41 heteroatoms. The van der Waals surface area contributed by atoms with E-state index in [1.165, 1.54) is 92.1 Å². The number of piperidine rings is 4. The van der Waals surface area contributed by atoms with Crippen LogP contribution in [0, 0.1) is 77.5 Å². The van der Waals surface area contributed by atoms with Crippen LogP contribution in [0.3, 0.4) is 0 Å². The van der Waals surface area contributed by atoms with E-state index in [4.69, 9.17) is 70.6 Å². The third kappa shape index (κ3) is 37.8. The summed E-state index contributed by atoms with van der Waals surface area (Å²) in [5.74, 6) is -5.20. The summed E-state index contributed by atoms with van der Waals surface area (Å²) in [6, 6.07) is 12.4. The maximum absolute atomic E-state index is 14.9. The average Bonchev–Trinajstić information content (AvgIpc) is 0.785. The minimum atomic E-state index is -1.22. The molecule has 0 radical (unpaired) electrons. The lowest BCUT2D eigenvalue weighted by Gasteiger charge is -2.39. The number of carbonyl (C=O) groups excluding carboxylic acids is 8. The fourth-order valence-electron chi connectivity index (χ4n) is 16.8. The average molecular weight is 2290 g/mol. The molecule has 12 rings (SSSR count). The summed E-state index contributed by atoms with van der Waals surface area (Å²) >= 11 is 16.1. The maximum atomic E-state index is 14.9.